The Hall–Kier alpha value is -2.57. The molecular weight excluding hydrogens is 358 g/mol. The second kappa shape index (κ2) is 9.39. The molecule has 2 aromatic carbocycles. The van der Waals surface area contributed by atoms with Crippen molar-refractivity contribution in [2.75, 3.05) is 12.4 Å². The average Bonchev–Trinajstić information content (AvgIpc) is 3.14. The second-order valence-corrected chi connectivity index (χ2v) is 7.13. The second-order valence-electron chi connectivity index (χ2n) is 6.15. The Morgan fingerprint density at radius 3 is 2.81 bits per heavy atom. The molecule has 0 saturated carbocycles. The highest BCUT2D eigenvalue weighted by molar-refractivity contribution is 7.99. The van der Waals surface area contributed by atoms with E-state index < -0.39 is 6.10 Å². The molecule has 0 aliphatic heterocycles. The van der Waals surface area contributed by atoms with Crippen molar-refractivity contribution in [2.24, 2.45) is 0 Å². The van der Waals surface area contributed by atoms with Crippen LogP contribution < -0.4 is 4.74 Å². The van der Waals surface area contributed by atoms with E-state index in [1.165, 1.54) is 11.8 Å². The van der Waals surface area contributed by atoms with Gasteiger partial charge in [0, 0.05) is 5.75 Å². The number of benzene rings is 2. The lowest BCUT2D eigenvalue weighted by atomic mass is 10.1. The largest absolute Gasteiger partial charge is 0.491 e. The standard InChI is InChI=1S/C21H23N3O2S/c1-3-8-17-10-5-7-12-20(17)26-13-18(25)14-27-21-23-22-15-24(21)19-11-6-4-9-16(19)2/h3-7,9-12,15,18,25H,1,8,13-14H2,2H3. The van der Waals surface area contributed by atoms with Gasteiger partial charge in [-0.15, -0.1) is 16.8 Å². The van der Waals surface area contributed by atoms with Crippen molar-refractivity contribution in [1.29, 1.82) is 0 Å². The van der Waals surface area contributed by atoms with Gasteiger partial charge >= 0.3 is 0 Å². The van der Waals surface area contributed by atoms with Crippen molar-refractivity contribution < 1.29 is 9.84 Å². The lowest BCUT2D eigenvalue weighted by molar-refractivity contribution is 0.126. The van der Waals surface area contributed by atoms with Crippen molar-refractivity contribution in [1.82, 2.24) is 14.8 Å². The highest BCUT2D eigenvalue weighted by Gasteiger charge is 2.13. The zero-order chi connectivity index (χ0) is 19.1. The zero-order valence-corrected chi connectivity index (χ0v) is 16.1. The third-order valence-corrected chi connectivity index (χ3v) is 5.15. The molecule has 1 N–H and O–H groups in total. The fourth-order valence-corrected chi connectivity index (χ4v) is 3.52. The molecule has 0 saturated heterocycles. The smallest absolute Gasteiger partial charge is 0.195 e. The van der Waals surface area contributed by atoms with Gasteiger partial charge in [0.1, 0.15) is 18.7 Å². The summed E-state index contributed by atoms with van der Waals surface area (Å²) in [7, 11) is 0. The van der Waals surface area contributed by atoms with Crippen LogP contribution in [0.25, 0.3) is 5.69 Å². The highest BCUT2D eigenvalue weighted by Crippen LogP contribution is 2.23. The van der Waals surface area contributed by atoms with Crippen LogP contribution in [0, 0.1) is 6.92 Å². The lowest BCUT2D eigenvalue weighted by Gasteiger charge is -2.14. The summed E-state index contributed by atoms with van der Waals surface area (Å²) in [4.78, 5) is 0. The molecule has 1 atom stereocenters. The van der Waals surface area contributed by atoms with Gasteiger partial charge in [0.15, 0.2) is 5.16 Å². The molecule has 1 heterocycles. The summed E-state index contributed by atoms with van der Waals surface area (Å²) in [6.07, 6.45) is 3.65. The first kappa shape index (κ1) is 19.2. The molecule has 3 rings (SSSR count). The minimum atomic E-state index is -0.617. The number of ether oxygens (including phenoxy) is 1. The van der Waals surface area contributed by atoms with E-state index in [-0.39, 0.29) is 6.61 Å². The molecule has 3 aromatic rings. The van der Waals surface area contributed by atoms with E-state index in [2.05, 4.69) is 16.8 Å². The van der Waals surface area contributed by atoms with E-state index in [9.17, 15) is 5.11 Å². The van der Waals surface area contributed by atoms with E-state index in [0.29, 0.717) is 5.75 Å². The number of rotatable bonds is 9. The van der Waals surface area contributed by atoms with Crippen LogP contribution >= 0.6 is 11.8 Å². The quantitative estimate of drug-likeness (QED) is 0.451. The van der Waals surface area contributed by atoms with Gasteiger partial charge in [-0.25, -0.2) is 0 Å². The van der Waals surface area contributed by atoms with Gasteiger partial charge in [-0.1, -0.05) is 54.2 Å². The van der Waals surface area contributed by atoms with Crippen LogP contribution in [0.4, 0.5) is 0 Å². The number of aryl methyl sites for hydroxylation is 1. The van der Waals surface area contributed by atoms with Crippen LogP contribution in [0.15, 0.2) is 72.7 Å². The number of allylic oxidation sites excluding steroid dienone is 1. The number of aliphatic hydroxyl groups is 1. The van der Waals surface area contributed by atoms with Crippen molar-refractivity contribution in [3.63, 3.8) is 0 Å². The Morgan fingerprint density at radius 1 is 1.22 bits per heavy atom. The van der Waals surface area contributed by atoms with E-state index in [1.807, 2.05) is 66.1 Å². The number of aliphatic hydroxyl groups excluding tert-OH is 1. The number of para-hydroxylation sites is 2. The number of thioether (sulfide) groups is 1. The highest BCUT2D eigenvalue weighted by atomic mass is 32.2. The molecule has 0 radical (unpaired) electrons. The Balaban J connectivity index is 1.58. The van der Waals surface area contributed by atoms with Crippen molar-refractivity contribution >= 4 is 11.8 Å². The van der Waals surface area contributed by atoms with E-state index >= 15 is 0 Å². The predicted octanol–water partition coefficient (Wildman–Crippen LogP) is 3.84. The Kier molecular flexibility index (Phi) is 6.68. The van der Waals surface area contributed by atoms with Gasteiger partial charge in [-0.05, 0) is 36.6 Å². The molecule has 6 heteroatoms. The van der Waals surface area contributed by atoms with Crippen molar-refractivity contribution in [3.05, 3.63) is 78.6 Å². The monoisotopic (exact) mass is 381 g/mol. The summed E-state index contributed by atoms with van der Waals surface area (Å²) in [6.45, 7) is 6.04. The average molecular weight is 382 g/mol. The molecule has 140 valence electrons. The predicted molar refractivity (Wildman–Crippen MR) is 109 cm³/mol. The van der Waals surface area contributed by atoms with Crippen molar-refractivity contribution in [3.8, 4) is 11.4 Å². The SMILES string of the molecule is C=CCc1ccccc1OCC(O)CSc1nncn1-c1ccccc1C. The molecule has 0 spiro atoms. The van der Waals surface area contributed by atoms with Gasteiger partial charge < -0.3 is 9.84 Å². The van der Waals surface area contributed by atoms with E-state index in [1.54, 1.807) is 6.33 Å². The Morgan fingerprint density at radius 2 is 2.00 bits per heavy atom. The summed E-state index contributed by atoms with van der Waals surface area (Å²) >= 11 is 1.46. The first-order valence-electron chi connectivity index (χ1n) is 8.77. The summed E-state index contributed by atoms with van der Waals surface area (Å²) < 4.78 is 7.74. The van der Waals surface area contributed by atoms with Crippen LogP contribution in [0.3, 0.4) is 0 Å². The zero-order valence-electron chi connectivity index (χ0n) is 15.3. The first-order valence-corrected chi connectivity index (χ1v) is 9.76. The van der Waals surface area contributed by atoms with Crippen LogP contribution in [0.5, 0.6) is 5.75 Å². The number of nitrogens with zero attached hydrogens (tertiary/aromatic N) is 3. The van der Waals surface area contributed by atoms with Crippen LogP contribution in [0.1, 0.15) is 11.1 Å². The fraction of sp³-hybridized carbons (Fsp3) is 0.238. The van der Waals surface area contributed by atoms with E-state index in [4.69, 9.17) is 4.74 Å². The molecule has 27 heavy (non-hydrogen) atoms. The van der Waals surface area contributed by atoms with Crippen LogP contribution in [-0.2, 0) is 6.42 Å². The molecule has 1 aromatic heterocycles. The molecule has 5 nitrogen and oxygen atoms in total. The van der Waals surface area contributed by atoms with Gasteiger partial charge in [0.25, 0.3) is 0 Å². The molecule has 0 bridgehead atoms. The molecule has 0 amide bonds. The minimum Gasteiger partial charge on any atom is -0.491 e. The number of hydrogen-bond donors (Lipinski definition) is 1. The maximum absolute atomic E-state index is 10.3. The fourth-order valence-electron chi connectivity index (χ4n) is 2.70. The third kappa shape index (κ3) is 4.99. The first-order chi connectivity index (χ1) is 13.2. The lowest BCUT2D eigenvalue weighted by Crippen LogP contribution is -2.20. The molecular formula is C21H23N3O2S. The molecule has 0 aliphatic carbocycles. The maximum Gasteiger partial charge on any atom is 0.195 e. The molecule has 1 unspecified atom stereocenters. The van der Waals surface area contributed by atoms with Crippen molar-refractivity contribution in [2.45, 2.75) is 24.6 Å². The maximum atomic E-state index is 10.3. The van der Waals surface area contributed by atoms with Gasteiger partial charge in [0.2, 0.25) is 0 Å². The number of aromatic nitrogens is 3. The summed E-state index contributed by atoms with van der Waals surface area (Å²) in [5.41, 5.74) is 3.24. The van der Waals surface area contributed by atoms with Gasteiger partial charge in [0.05, 0.1) is 11.8 Å². The number of hydrogen-bond acceptors (Lipinski definition) is 5. The topological polar surface area (TPSA) is 60.2 Å². The molecule has 0 aliphatic rings. The minimum absolute atomic E-state index is 0.222. The third-order valence-electron chi connectivity index (χ3n) is 4.06. The van der Waals surface area contributed by atoms with E-state index in [0.717, 1.165) is 34.1 Å². The van der Waals surface area contributed by atoms with Crippen LogP contribution in [-0.4, -0.2) is 38.3 Å². The van der Waals surface area contributed by atoms with Gasteiger partial charge in [-0.3, -0.25) is 4.57 Å². The van der Waals surface area contributed by atoms with Crippen LogP contribution in [0.2, 0.25) is 0 Å². The molecule has 0 fully saturated rings. The Labute approximate surface area is 163 Å². The Bertz CT molecular complexity index is 894. The summed E-state index contributed by atoms with van der Waals surface area (Å²) in [6, 6.07) is 15.9. The van der Waals surface area contributed by atoms with Gasteiger partial charge in [-0.2, -0.15) is 0 Å². The summed E-state index contributed by atoms with van der Waals surface area (Å²) in [5, 5.41) is 19.3. The summed E-state index contributed by atoms with van der Waals surface area (Å²) in [5.74, 6) is 1.25. The normalized spacial score (nSPS) is 11.9.